The molecule has 1 atom stereocenters. The summed E-state index contributed by atoms with van der Waals surface area (Å²) in [6.45, 7) is 0. The average molecular weight is 643 g/mol. The number of nitrogens with one attached hydrogen (secondary N) is 2. The SMILES string of the molecule is O=C(N[C@@H](Cc1ccccc1)C(=O)Nc1nnc(-c2ccc(Br)cc2)s1)c1cc(C(F)(F)F)cc(C(F)(F)F)c1. The zero-order valence-corrected chi connectivity index (χ0v) is 22.4. The number of benzene rings is 3. The Kier molecular flexibility index (Phi) is 8.59. The molecule has 40 heavy (non-hydrogen) atoms. The second-order valence-corrected chi connectivity index (χ2v) is 10.3. The number of carbonyl (C=O) groups excluding carboxylic acids is 2. The number of rotatable bonds is 7. The van der Waals surface area contributed by atoms with Crippen molar-refractivity contribution in [1.82, 2.24) is 15.5 Å². The van der Waals surface area contributed by atoms with Gasteiger partial charge in [0.15, 0.2) is 0 Å². The van der Waals surface area contributed by atoms with Gasteiger partial charge in [-0.2, -0.15) is 26.3 Å². The van der Waals surface area contributed by atoms with Crippen LogP contribution in [0.3, 0.4) is 0 Å². The van der Waals surface area contributed by atoms with Crippen LogP contribution in [-0.2, 0) is 23.6 Å². The normalized spacial score (nSPS) is 12.6. The highest BCUT2D eigenvalue weighted by Gasteiger charge is 2.38. The van der Waals surface area contributed by atoms with Gasteiger partial charge in [0.05, 0.1) is 11.1 Å². The number of hydrogen-bond acceptors (Lipinski definition) is 5. The van der Waals surface area contributed by atoms with Crippen molar-refractivity contribution in [3.8, 4) is 10.6 Å². The molecule has 3 aromatic carbocycles. The minimum absolute atomic E-state index is 0.0775. The third kappa shape index (κ3) is 7.45. The van der Waals surface area contributed by atoms with E-state index in [-0.39, 0.29) is 17.6 Å². The van der Waals surface area contributed by atoms with Crippen LogP contribution >= 0.6 is 27.3 Å². The Morgan fingerprint density at radius 2 is 1.45 bits per heavy atom. The first kappa shape index (κ1) is 29.2. The van der Waals surface area contributed by atoms with Crippen molar-refractivity contribution in [2.75, 3.05) is 5.32 Å². The van der Waals surface area contributed by atoms with Crippen molar-refractivity contribution < 1.29 is 35.9 Å². The number of anilines is 1. The van der Waals surface area contributed by atoms with Crippen molar-refractivity contribution >= 4 is 44.2 Å². The van der Waals surface area contributed by atoms with Crippen molar-refractivity contribution in [3.63, 3.8) is 0 Å². The van der Waals surface area contributed by atoms with Crippen LogP contribution in [0.15, 0.2) is 77.3 Å². The van der Waals surface area contributed by atoms with Gasteiger partial charge in [0.2, 0.25) is 11.0 Å². The summed E-state index contributed by atoms with van der Waals surface area (Å²) in [6.07, 6.45) is -10.4. The number of halogens is 7. The Labute approximate surface area is 235 Å². The highest BCUT2D eigenvalue weighted by atomic mass is 79.9. The van der Waals surface area contributed by atoms with Gasteiger partial charge in [-0.05, 0) is 35.9 Å². The molecule has 0 aliphatic carbocycles. The minimum Gasteiger partial charge on any atom is -0.340 e. The fourth-order valence-corrected chi connectivity index (χ4v) is 4.58. The summed E-state index contributed by atoms with van der Waals surface area (Å²) in [5, 5.41) is 13.3. The Morgan fingerprint density at radius 1 is 0.850 bits per heavy atom. The van der Waals surface area contributed by atoms with Crippen molar-refractivity contribution in [2.24, 2.45) is 0 Å². The van der Waals surface area contributed by atoms with Gasteiger partial charge in [-0.15, -0.1) is 10.2 Å². The van der Waals surface area contributed by atoms with Crippen LogP contribution in [0.2, 0.25) is 0 Å². The lowest BCUT2D eigenvalue weighted by atomic mass is 10.0. The van der Waals surface area contributed by atoms with Gasteiger partial charge >= 0.3 is 12.4 Å². The van der Waals surface area contributed by atoms with E-state index in [0.29, 0.717) is 22.7 Å². The van der Waals surface area contributed by atoms with Gasteiger partial charge in [-0.3, -0.25) is 14.9 Å². The molecule has 14 heteroatoms. The van der Waals surface area contributed by atoms with E-state index in [1.165, 1.54) is 0 Å². The topological polar surface area (TPSA) is 84.0 Å². The Hall–Kier alpha value is -3.78. The largest absolute Gasteiger partial charge is 0.416 e. The standard InChI is InChI=1S/C26H17BrF6N4O2S/c27-19-8-6-15(7-9-19)23-36-37-24(40-23)35-22(39)20(10-14-4-2-1-3-5-14)34-21(38)16-11-17(25(28,29)30)13-18(12-16)26(31,32)33/h1-9,11-13,20H,10H2,(H,34,38)(H,35,37,39)/t20-/m0/s1. The van der Waals surface area contributed by atoms with Crippen LogP contribution in [0.4, 0.5) is 31.5 Å². The molecule has 2 N–H and O–H groups in total. The van der Waals surface area contributed by atoms with Gasteiger partial charge in [-0.25, -0.2) is 0 Å². The lowest BCUT2D eigenvalue weighted by Gasteiger charge is -2.19. The fourth-order valence-electron chi connectivity index (χ4n) is 3.56. The molecule has 208 valence electrons. The van der Waals surface area contributed by atoms with E-state index >= 15 is 0 Å². The molecule has 4 aromatic rings. The Morgan fingerprint density at radius 3 is 2.02 bits per heavy atom. The molecule has 0 saturated carbocycles. The van der Waals surface area contributed by atoms with E-state index in [4.69, 9.17) is 0 Å². The van der Waals surface area contributed by atoms with Crippen LogP contribution in [0, 0.1) is 0 Å². The van der Waals surface area contributed by atoms with Crippen LogP contribution in [0.1, 0.15) is 27.0 Å². The van der Waals surface area contributed by atoms with E-state index in [1.807, 2.05) is 0 Å². The van der Waals surface area contributed by atoms with Gasteiger partial charge in [0.1, 0.15) is 11.0 Å². The van der Waals surface area contributed by atoms with Gasteiger partial charge in [0, 0.05) is 22.0 Å². The first-order chi connectivity index (χ1) is 18.8. The molecule has 1 aromatic heterocycles. The Bertz CT molecular complexity index is 1480. The van der Waals surface area contributed by atoms with Crippen molar-refractivity contribution in [1.29, 1.82) is 0 Å². The molecule has 2 amide bonds. The number of carbonyl (C=O) groups is 2. The first-order valence-electron chi connectivity index (χ1n) is 11.3. The van der Waals surface area contributed by atoms with E-state index in [2.05, 4.69) is 36.8 Å². The second kappa shape index (κ2) is 11.8. The maximum Gasteiger partial charge on any atom is 0.416 e. The summed E-state index contributed by atoms with van der Waals surface area (Å²) < 4.78 is 80.6. The molecule has 0 aliphatic heterocycles. The zero-order valence-electron chi connectivity index (χ0n) is 20.0. The first-order valence-corrected chi connectivity index (χ1v) is 12.9. The van der Waals surface area contributed by atoms with Crippen molar-refractivity contribution in [3.05, 3.63) is 99.5 Å². The maximum atomic E-state index is 13.3. The third-order valence-corrected chi connectivity index (χ3v) is 6.92. The third-order valence-electron chi connectivity index (χ3n) is 5.50. The molecule has 1 heterocycles. The molecular formula is C26H17BrF6N4O2S. The summed E-state index contributed by atoms with van der Waals surface area (Å²) in [5.74, 6) is -2.08. The summed E-state index contributed by atoms with van der Waals surface area (Å²) in [6, 6.07) is 14.6. The van der Waals surface area contributed by atoms with Crippen LogP contribution in [-0.4, -0.2) is 28.1 Å². The minimum atomic E-state index is -5.14. The van der Waals surface area contributed by atoms with Crippen molar-refractivity contribution in [2.45, 2.75) is 24.8 Å². The quantitative estimate of drug-likeness (QED) is 0.213. The number of amides is 2. The number of nitrogens with zero attached hydrogens (tertiary/aromatic N) is 2. The second-order valence-electron chi connectivity index (χ2n) is 8.42. The summed E-state index contributed by atoms with van der Waals surface area (Å²) in [7, 11) is 0. The summed E-state index contributed by atoms with van der Waals surface area (Å²) >= 11 is 4.36. The lowest BCUT2D eigenvalue weighted by molar-refractivity contribution is -0.143. The summed E-state index contributed by atoms with van der Waals surface area (Å²) in [5.41, 5.74) is -2.89. The van der Waals surface area contributed by atoms with Crippen LogP contribution in [0.25, 0.3) is 10.6 Å². The average Bonchev–Trinajstić information content (AvgIpc) is 3.36. The zero-order chi connectivity index (χ0) is 29.1. The Balaban J connectivity index is 1.60. The molecule has 0 radical (unpaired) electrons. The number of hydrogen-bond donors (Lipinski definition) is 2. The molecule has 0 spiro atoms. The maximum absolute atomic E-state index is 13.3. The predicted molar refractivity (Wildman–Crippen MR) is 140 cm³/mol. The molecule has 0 fully saturated rings. The molecule has 4 rings (SSSR count). The van der Waals surface area contributed by atoms with Crippen LogP contribution in [0.5, 0.6) is 0 Å². The number of alkyl halides is 6. The smallest absolute Gasteiger partial charge is 0.340 e. The predicted octanol–water partition coefficient (Wildman–Crippen LogP) is 6.99. The molecule has 0 saturated heterocycles. The lowest BCUT2D eigenvalue weighted by Crippen LogP contribution is -2.45. The fraction of sp³-hybridized carbons (Fsp3) is 0.154. The van der Waals surface area contributed by atoms with Gasteiger partial charge < -0.3 is 5.32 Å². The van der Waals surface area contributed by atoms with Gasteiger partial charge in [-0.1, -0.05) is 69.7 Å². The van der Waals surface area contributed by atoms with E-state index in [1.54, 1.807) is 54.6 Å². The highest BCUT2D eigenvalue weighted by molar-refractivity contribution is 9.10. The summed E-state index contributed by atoms with van der Waals surface area (Å²) in [4.78, 5) is 26.1. The van der Waals surface area contributed by atoms with E-state index in [9.17, 15) is 35.9 Å². The molecule has 6 nitrogen and oxygen atoms in total. The molecule has 0 aliphatic rings. The highest BCUT2D eigenvalue weighted by Crippen LogP contribution is 2.36. The molecule has 0 bridgehead atoms. The van der Waals surface area contributed by atoms with Gasteiger partial charge in [0.25, 0.3) is 5.91 Å². The number of aromatic nitrogens is 2. The van der Waals surface area contributed by atoms with Crippen LogP contribution < -0.4 is 10.6 Å². The molecule has 0 unspecified atom stereocenters. The monoisotopic (exact) mass is 642 g/mol. The van der Waals surface area contributed by atoms with E-state index < -0.39 is 46.9 Å². The van der Waals surface area contributed by atoms with E-state index in [0.717, 1.165) is 21.4 Å². The molecular weight excluding hydrogens is 626 g/mol.